The van der Waals surface area contributed by atoms with Crippen molar-refractivity contribution in [2.45, 2.75) is 12.3 Å². The van der Waals surface area contributed by atoms with Gasteiger partial charge in [-0.15, -0.1) is 0 Å². The molecule has 0 amide bonds. The maximum Gasteiger partial charge on any atom is 0.274 e. The summed E-state index contributed by atoms with van der Waals surface area (Å²) >= 11 is 0. The van der Waals surface area contributed by atoms with Crippen LogP contribution in [0.1, 0.15) is 18.2 Å². The maximum atomic E-state index is 5.46. The van der Waals surface area contributed by atoms with Crippen LogP contribution in [0.2, 0.25) is 0 Å². The summed E-state index contributed by atoms with van der Waals surface area (Å²) in [6.07, 6.45) is 0.960. The average molecular weight is 295 g/mol. The van der Waals surface area contributed by atoms with Crippen molar-refractivity contribution in [3.63, 3.8) is 0 Å². The molecule has 22 heavy (non-hydrogen) atoms. The monoisotopic (exact) mass is 295 g/mol. The molecule has 0 aliphatic carbocycles. The largest absolute Gasteiger partial charge is 0.381 e. The van der Waals surface area contributed by atoms with Gasteiger partial charge in [-0.05, 0) is 24.1 Å². The molecule has 1 aliphatic rings. The van der Waals surface area contributed by atoms with Gasteiger partial charge >= 0.3 is 0 Å². The number of hydrogen-bond donors (Lipinski definition) is 0. The minimum absolute atomic E-state index is 0.256. The molecule has 1 aliphatic heterocycles. The van der Waals surface area contributed by atoms with Crippen molar-refractivity contribution in [3.05, 3.63) is 48.3 Å². The molecule has 0 radical (unpaired) electrons. The lowest BCUT2D eigenvalue weighted by Crippen LogP contribution is -2.00. The minimum atomic E-state index is 0.256. The van der Waals surface area contributed by atoms with Crippen molar-refractivity contribution < 1.29 is 9.26 Å². The van der Waals surface area contributed by atoms with Crippen LogP contribution < -0.4 is 0 Å². The summed E-state index contributed by atoms with van der Waals surface area (Å²) in [6, 6.07) is 14.4. The van der Waals surface area contributed by atoms with Crippen LogP contribution in [0.4, 0.5) is 0 Å². The first-order valence-corrected chi connectivity index (χ1v) is 7.46. The SMILES string of the molecule is Cn1c(-c2ccccc2)ccc1-c1nc(C2CCOC2)no1. The molecule has 4 rings (SSSR count). The highest BCUT2D eigenvalue weighted by atomic mass is 16.5. The van der Waals surface area contributed by atoms with E-state index in [0.717, 1.165) is 30.2 Å². The summed E-state index contributed by atoms with van der Waals surface area (Å²) in [6.45, 7) is 1.46. The zero-order valence-corrected chi connectivity index (χ0v) is 12.4. The molecule has 0 N–H and O–H groups in total. The fourth-order valence-electron chi connectivity index (χ4n) is 2.87. The van der Waals surface area contributed by atoms with Gasteiger partial charge in [-0.25, -0.2) is 0 Å². The van der Waals surface area contributed by atoms with Gasteiger partial charge in [0.2, 0.25) is 0 Å². The number of aromatic nitrogens is 3. The molecule has 112 valence electrons. The fourth-order valence-corrected chi connectivity index (χ4v) is 2.87. The topological polar surface area (TPSA) is 53.1 Å². The van der Waals surface area contributed by atoms with E-state index in [1.807, 2.05) is 31.3 Å². The first-order valence-electron chi connectivity index (χ1n) is 7.46. The van der Waals surface area contributed by atoms with E-state index in [-0.39, 0.29) is 5.92 Å². The Hall–Kier alpha value is -2.40. The normalized spacial score (nSPS) is 18.0. The third-order valence-electron chi connectivity index (χ3n) is 4.15. The Bertz CT molecular complexity index is 770. The third-order valence-corrected chi connectivity index (χ3v) is 4.15. The lowest BCUT2D eigenvalue weighted by Gasteiger charge is -2.05. The highest BCUT2D eigenvalue weighted by Gasteiger charge is 2.24. The lowest BCUT2D eigenvalue weighted by atomic mass is 10.1. The van der Waals surface area contributed by atoms with E-state index in [0.29, 0.717) is 12.5 Å². The summed E-state index contributed by atoms with van der Waals surface area (Å²) < 4.78 is 12.9. The summed E-state index contributed by atoms with van der Waals surface area (Å²) in [4.78, 5) is 4.55. The molecule has 5 nitrogen and oxygen atoms in total. The first-order chi connectivity index (χ1) is 10.8. The predicted octanol–water partition coefficient (Wildman–Crippen LogP) is 3.25. The van der Waals surface area contributed by atoms with Crippen molar-refractivity contribution in [2.75, 3.05) is 13.2 Å². The van der Waals surface area contributed by atoms with Crippen LogP contribution in [0.5, 0.6) is 0 Å². The Morgan fingerprint density at radius 1 is 1.09 bits per heavy atom. The number of ether oxygens (including phenoxy) is 1. The van der Waals surface area contributed by atoms with Crippen LogP contribution >= 0.6 is 0 Å². The molecular formula is C17H17N3O2. The zero-order chi connectivity index (χ0) is 14.9. The number of nitrogens with zero attached hydrogens (tertiary/aromatic N) is 3. The summed E-state index contributed by atoms with van der Waals surface area (Å²) in [7, 11) is 2.01. The van der Waals surface area contributed by atoms with Gasteiger partial charge < -0.3 is 13.8 Å². The molecule has 5 heteroatoms. The second kappa shape index (κ2) is 5.42. The number of benzene rings is 1. The molecular weight excluding hydrogens is 278 g/mol. The average Bonchev–Trinajstić information content (AvgIpc) is 3.28. The Labute approximate surface area is 128 Å². The van der Waals surface area contributed by atoms with Crippen LogP contribution in [0.3, 0.4) is 0 Å². The van der Waals surface area contributed by atoms with Crippen LogP contribution in [0, 0.1) is 0 Å². The summed E-state index contributed by atoms with van der Waals surface area (Å²) in [5.74, 6) is 1.56. The quantitative estimate of drug-likeness (QED) is 0.744. The van der Waals surface area contributed by atoms with E-state index in [4.69, 9.17) is 9.26 Å². The molecule has 3 heterocycles. The van der Waals surface area contributed by atoms with Gasteiger partial charge in [0.05, 0.1) is 6.61 Å². The summed E-state index contributed by atoms with van der Waals surface area (Å²) in [5, 5.41) is 4.12. The fraction of sp³-hybridized carbons (Fsp3) is 0.294. The first kappa shape index (κ1) is 13.3. The molecule has 3 aromatic rings. The van der Waals surface area contributed by atoms with E-state index in [2.05, 4.69) is 32.9 Å². The van der Waals surface area contributed by atoms with Crippen LogP contribution in [-0.2, 0) is 11.8 Å². The molecule has 0 spiro atoms. The highest BCUT2D eigenvalue weighted by Crippen LogP contribution is 2.29. The van der Waals surface area contributed by atoms with E-state index < -0.39 is 0 Å². The van der Waals surface area contributed by atoms with Crippen molar-refractivity contribution >= 4 is 0 Å². The zero-order valence-electron chi connectivity index (χ0n) is 12.4. The third kappa shape index (κ3) is 2.23. The van der Waals surface area contributed by atoms with Gasteiger partial charge in [-0.3, -0.25) is 0 Å². The van der Waals surface area contributed by atoms with Crippen molar-refractivity contribution in [2.24, 2.45) is 7.05 Å². The molecule has 2 aromatic heterocycles. The smallest absolute Gasteiger partial charge is 0.274 e. The molecule has 1 saturated heterocycles. The van der Waals surface area contributed by atoms with Crippen LogP contribution in [0.15, 0.2) is 47.0 Å². The van der Waals surface area contributed by atoms with Gasteiger partial charge in [-0.2, -0.15) is 4.98 Å². The van der Waals surface area contributed by atoms with Crippen molar-refractivity contribution in [1.29, 1.82) is 0 Å². The Morgan fingerprint density at radius 2 is 1.91 bits per heavy atom. The Balaban J connectivity index is 1.67. The Morgan fingerprint density at radius 3 is 2.68 bits per heavy atom. The van der Waals surface area contributed by atoms with Gasteiger partial charge in [0.15, 0.2) is 5.82 Å². The van der Waals surface area contributed by atoms with E-state index in [9.17, 15) is 0 Å². The maximum absolute atomic E-state index is 5.46. The van der Waals surface area contributed by atoms with Gasteiger partial charge in [0, 0.05) is 25.3 Å². The van der Waals surface area contributed by atoms with E-state index >= 15 is 0 Å². The standard InChI is InChI=1S/C17H17N3O2/c1-20-14(12-5-3-2-4-6-12)7-8-15(20)17-18-16(19-22-17)13-9-10-21-11-13/h2-8,13H,9-11H2,1H3. The molecule has 1 atom stereocenters. The number of hydrogen-bond acceptors (Lipinski definition) is 4. The van der Waals surface area contributed by atoms with Crippen molar-refractivity contribution in [1.82, 2.24) is 14.7 Å². The molecule has 0 saturated carbocycles. The van der Waals surface area contributed by atoms with Crippen molar-refractivity contribution in [3.8, 4) is 22.8 Å². The van der Waals surface area contributed by atoms with E-state index in [1.54, 1.807) is 0 Å². The highest BCUT2D eigenvalue weighted by molar-refractivity contribution is 5.65. The number of rotatable bonds is 3. The molecule has 1 fully saturated rings. The second-order valence-electron chi connectivity index (χ2n) is 5.55. The van der Waals surface area contributed by atoms with Crippen LogP contribution in [0.25, 0.3) is 22.8 Å². The van der Waals surface area contributed by atoms with Gasteiger partial charge in [0.25, 0.3) is 5.89 Å². The molecule has 0 bridgehead atoms. The van der Waals surface area contributed by atoms with Gasteiger partial charge in [0.1, 0.15) is 5.69 Å². The van der Waals surface area contributed by atoms with E-state index in [1.165, 1.54) is 5.56 Å². The minimum Gasteiger partial charge on any atom is -0.381 e. The molecule has 1 aromatic carbocycles. The lowest BCUT2D eigenvalue weighted by molar-refractivity contribution is 0.192. The second-order valence-corrected chi connectivity index (χ2v) is 5.55. The molecule has 1 unspecified atom stereocenters. The van der Waals surface area contributed by atoms with Crippen LogP contribution in [-0.4, -0.2) is 27.9 Å². The Kier molecular flexibility index (Phi) is 3.27. The predicted molar refractivity (Wildman–Crippen MR) is 82.3 cm³/mol. The summed E-state index contributed by atoms with van der Waals surface area (Å²) in [5.41, 5.74) is 3.22. The van der Waals surface area contributed by atoms with Gasteiger partial charge in [-0.1, -0.05) is 35.5 Å².